The highest BCUT2D eigenvalue weighted by Gasteiger charge is 2.37. The topological polar surface area (TPSA) is 32.7 Å². The summed E-state index contributed by atoms with van der Waals surface area (Å²) in [7, 11) is 2.19. The highest BCUT2D eigenvalue weighted by molar-refractivity contribution is 4.90. The van der Waals surface area contributed by atoms with Gasteiger partial charge in [0, 0.05) is 31.2 Å². The quantitative estimate of drug-likeness (QED) is 0.792. The Morgan fingerprint density at radius 1 is 1.38 bits per heavy atom. The molecule has 0 aromatic rings. The van der Waals surface area contributed by atoms with Crippen molar-refractivity contribution in [3.05, 3.63) is 0 Å². The van der Waals surface area contributed by atoms with E-state index in [9.17, 15) is 5.11 Å². The van der Waals surface area contributed by atoms with E-state index < -0.39 is 0 Å². The van der Waals surface area contributed by atoms with E-state index in [1.807, 2.05) is 0 Å². The summed E-state index contributed by atoms with van der Waals surface area (Å²) in [6.45, 7) is 4.43. The molecule has 2 fully saturated rings. The fourth-order valence-electron chi connectivity index (χ4n) is 3.44. The summed E-state index contributed by atoms with van der Waals surface area (Å²) < 4.78 is 5.61. The standard InChI is InChI=1S/C13H25NO2/c1-11-12(5-8-16-11)14(2)9-13(10-15)6-3-4-7-13/h11-12,15H,3-10H2,1-2H3. The van der Waals surface area contributed by atoms with Gasteiger partial charge in [-0.15, -0.1) is 0 Å². The molecule has 0 bridgehead atoms. The fourth-order valence-corrected chi connectivity index (χ4v) is 3.44. The molecule has 2 aliphatic rings. The molecule has 1 saturated heterocycles. The number of aliphatic hydroxyl groups excluding tert-OH is 1. The van der Waals surface area contributed by atoms with Crippen LogP contribution in [0.2, 0.25) is 0 Å². The maximum absolute atomic E-state index is 9.62. The molecule has 1 N–H and O–H groups in total. The predicted octanol–water partition coefficient (Wildman–Crippen LogP) is 1.65. The molecule has 2 atom stereocenters. The summed E-state index contributed by atoms with van der Waals surface area (Å²) in [5.41, 5.74) is 0.178. The second-order valence-corrected chi connectivity index (χ2v) is 5.71. The highest BCUT2D eigenvalue weighted by atomic mass is 16.5. The predicted molar refractivity (Wildman–Crippen MR) is 64.4 cm³/mol. The van der Waals surface area contributed by atoms with Crippen molar-refractivity contribution in [3.8, 4) is 0 Å². The molecule has 0 amide bonds. The van der Waals surface area contributed by atoms with E-state index in [1.54, 1.807) is 0 Å². The molecule has 1 aliphatic heterocycles. The number of hydrogen-bond acceptors (Lipinski definition) is 3. The molecule has 1 aliphatic carbocycles. The van der Waals surface area contributed by atoms with Gasteiger partial charge in [-0.25, -0.2) is 0 Å². The van der Waals surface area contributed by atoms with Gasteiger partial charge in [0.15, 0.2) is 0 Å². The summed E-state index contributed by atoms with van der Waals surface area (Å²) in [6.07, 6.45) is 6.43. The van der Waals surface area contributed by atoms with Crippen molar-refractivity contribution in [3.63, 3.8) is 0 Å². The SMILES string of the molecule is CC1OCCC1N(C)CC1(CO)CCCC1. The Bertz CT molecular complexity index is 226. The van der Waals surface area contributed by atoms with Crippen molar-refractivity contribution in [1.29, 1.82) is 0 Å². The van der Waals surface area contributed by atoms with Gasteiger partial charge in [0.2, 0.25) is 0 Å². The van der Waals surface area contributed by atoms with Crippen molar-refractivity contribution >= 4 is 0 Å². The van der Waals surface area contributed by atoms with Crippen LogP contribution in [0.15, 0.2) is 0 Å². The molecule has 0 spiro atoms. The maximum Gasteiger partial charge on any atom is 0.0702 e. The number of hydrogen-bond donors (Lipinski definition) is 1. The number of likely N-dealkylation sites (N-methyl/N-ethyl adjacent to an activating group) is 1. The summed E-state index contributed by atoms with van der Waals surface area (Å²) in [4.78, 5) is 2.42. The highest BCUT2D eigenvalue weighted by Crippen LogP contribution is 2.39. The average Bonchev–Trinajstić information content (AvgIpc) is 2.87. The van der Waals surface area contributed by atoms with E-state index in [1.165, 1.54) is 25.7 Å². The molecule has 0 radical (unpaired) electrons. The van der Waals surface area contributed by atoms with Gasteiger partial charge in [-0.1, -0.05) is 12.8 Å². The van der Waals surface area contributed by atoms with Gasteiger partial charge in [0.05, 0.1) is 6.10 Å². The van der Waals surface area contributed by atoms with Crippen LogP contribution in [0, 0.1) is 5.41 Å². The molecule has 2 rings (SSSR count). The van der Waals surface area contributed by atoms with Crippen LogP contribution in [0.4, 0.5) is 0 Å². The smallest absolute Gasteiger partial charge is 0.0702 e. The Balaban J connectivity index is 1.92. The Morgan fingerprint density at radius 2 is 2.06 bits per heavy atom. The average molecular weight is 227 g/mol. The monoisotopic (exact) mass is 227 g/mol. The van der Waals surface area contributed by atoms with Gasteiger partial charge >= 0.3 is 0 Å². The number of nitrogens with zero attached hydrogens (tertiary/aromatic N) is 1. The molecule has 16 heavy (non-hydrogen) atoms. The second-order valence-electron chi connectivity index (χ2n) is 5.71. The van der Waals surface area contributed by atoms with Crippen LogP contribution < -0.4 is 0 Å². The Morgan fingerprint density at radius 3 is 2.56 bits per heavy atom. The lowest BCUT2D eigenvalue weighted by Crippen LogP contribution is -2.44. The first-order chi connectivity index (χ1) is 7.67. The van der Waals surface area contributed by atoms with E-state index in [0.29, 0.717) is 18.8 Å². The van der Waals surface area contributed by atoms with E-state index in [-0.39, 0.29) is 5.41 Å². The first kappa shape index (κ1) is 12.3. The first-order valence-corrected chi connectivity index (χ1v) is 6.60. The molecule has 94 valence electrons. The van der Waals surface area contributed by atoms with Crippen LogP contribution in [-0.4, -0.2) is 49.0 Å². The summed E-state index contributed by atoms with van der Waals surface area (Å²) >= 11 is 0. The van der Waals surface area contributed by atoms with Crippen molar-refractivity contribution in [2.45, 2.75) is 51.2 Å². The number of ether oxygens (including phenoxy) is 1. The van der Waals surface area contributed by atoms with Gasteiger partial charge in [0.1, 0.15) is 0 Å². The lowest BCUT2D eigenvalue weighted by molar-refractivity contribution is 0.0419. The van der Waals surface area contributed by atoms with Gasteiger partial charge in [-0.05, 0) is 33.2 Å². The van der Waals surface area contributed by atoms with E-state index in [0.717, 1.165) is 19.6 Å². The van der Waals surface area contributed by atoms with E-state index in [4.69, 9.17) is 4.74 Å². The molecular weight excluding hydrogens is 202 g/mol. The van der Waals surface area contributed by atoms with Crippen LogP contribution in [0.5, 0.6) is 0 Å². The van der Waals surface area contributed by atoms with Crippen molar-refractivity contribution in [1.82, 2.24) is 4.90 Å². The lowest BCUT2D eigenvalue weighted by atomic mass is 9.86. The number of aliphatic hydroxyl groups is 1. The summed E-state index contributed by atoms with van der Waals surface area (Å²) in [5, 5.41) is 9.62. The lowest BCUT2D eigenvalue weighted by Gasteiger charge is -2.35. The molecular formula is C13H25NO2. The third-order valence-corrected chi connectivity index (χ3v) is 4.49. The normalized spacial score (nSPS) is 33.8. The van der Waals surface area contributed by atoms with Gasteiger partial charge < -0.3 is 14.7 Å². The molecule has 1 heterocycles. The zero-order valence-electron chi connectivity index (χ0n) is 10.6. The minimum atomic E-state index is 0.178. The Kier molecular flexibility index (Phi) is 3.88. The third-order valence-electron chi connectivity index (χ3n) is 4.49. The van der Waals surface area contributed by atoms with Crippen LogP contribution >= 0.6 is 0 Å². The summed E-state index contributed by atoms with van der Waals surface area (Å²) in [5.74, 6) is 0. The second kappa shape index (κ2) is 5.03. The van der Waals surface area contributed by atoms with Crippen LogP contribution in [0.1, 0.15) is 39.0 Å². The first-order valence-electron chi connectivity index (χ1n) is 6.60. The molecule has 3 heteroatoms. The Hall–Kier alpha value is -0.120. The zero-order chi connectivity index (χ0) is 11.6. The molecule has 0 aromatic carbocycles. The molecule has 3 nitrogen and oxygen atoms in total. The molecule has 0 aromatic heterocycles. The fraction of sp³-hybridized carbons (Fsp3) is 1.00. The zero-order valence-corrected chi connectivity index (χ0v) is 10.6. The van der Waals surface area contributed by atoms with E-state index >= 15 is 0 Å². The minimum absolute atomic E-state index is 0.178. The molecule has 1 saturated carbocycles. The Labute approximate surface area is 98.8 Å². The van der Waals surface area contributed by atoms with Crippen molar-refractivity contribution < 1.29 is 9.84 Å². The summed E-state index contributed by atoms with van der Waals surface area (Å²) in [6, 6.07) is 0.545. The van der Waals surface area contributed by atoms with Crippen LogP contribution in [0.25, 0.3) is 0 Å². The minimum Gasteiger partial charge on any atom is -0.396 e. The largest absolute Gasteiger partial charge is 0.396 e. The van der Waals surface area contributed by atoms with Gasteiger partial charge in [-0.3, -0.25) is 0 Å². The molecule has 2 unspecified atom stereocenters. The number of rotatable bonds is 4. The van der Waals surface area contributed by atoms with Crippen LogP contribution in [0.3, 0.4) is 0 Å². The van der Waals surface area contributed by atoms with Crippen molar-refractivity contribution in [2.24, 2.45) is 5.41 Å². The van der Waals surface area contributed by atoms with Crippen LogP contribution in [-0.2, 0) is 4.74 Å². The third kappa shape index (κ3) is 2.41. The van der Waals surface area contributed by atoms with Gasteiger partial charge in [0.25, 0.3) is 0 Å². The van der Waals surface area contributed by atoms with Crippen molar-refractivity contribution in [2.75, 3.05) is 26.8 Å². The van der Waals surface area contributed by atoms with Gasteiger partial charge in [-0.2, -0.15) is 0 Å². The maximum atomic E-state index is 9.62. The van der Waals surface area contributed by atoms with E-state index in [2.05, 4.69) is 18.9 Å².